The molecule has 74 valence electrons. The summed E-state index contributed by atoms with van der Waals surface area (Å²) in [5.41, 5.74) is 0.0769. The van der Waals surface area contributed by atoms with Gasteiger partial charge >= 0.3 is 0 Å². The Kier molecular flexibility index (Phi) is 2.07. The van der Waals surface area contributed by atoms with Crippen molar-refractivity contribution in [1.29, 1.82) is 0 Å². The maximum Gasteiger partial charge on any atom is 0.213 e. The van der Waals surface area contributed by atoms with E-state index in [-0.39, 0.29) is 5.78 Å². The number of rotatable bonds is 2. The second-order valence-electron chi connectivity index (χ2n) is 3.46. The van der Waals surface area contributed by atoms with Crippen LogP contribution >= 0.6 is 0 Å². The molecule has 0 atom stereocenters. The summed E-state index contributed by atoms with van der Waals surface area (Å²) in [6.07, 6.45) is 2.04. The zero-order valence-electron chi connectivity index (χ0n) is 7.79. The van der Waals surface area contributed by atoms with Gasteiger partial charge in [0.2, 0.25) is 5.95 Å². The smallest absolute Gasteiger partial charge is 0.213 e. The van der Waals surface area contributed by atoms with Crippen molar-refractivity contribution < 1.29 is 13.9 Å². The van der Waals surface area contributed by atoms with Crippen LogP contribution in [0.3, 0.4) is 0 Å². The molecule has 0 radical (unpaired) electrons. The van der Waals surface area contributed by atoms with Crippen molar-refractivity contribution in [2.45, 2.75) is 18.4 Å². The highest BCUT2D eigenvalue weighted by molar-refractivity contribution is 5.87. The van der Waals surface area contributed by atoms with Crippen LogP contribution in [-0.4, -0.2) is 17.9 Å². The lowest BCUT2D eigenvalue weighted by Crippen LogP contribution is -2.43. The third-order valence-corrected chi connectivity index (χ3v) is 2.61. The lowest BCUT2D eigenvalue weighted by molar-refractivity contribution is -0.149. The third kappa shape index (κ3) is 1.32. The van der Waals surface area contributed by atoms with Gasteiger partial charge in [-0.2, -0.15) is 4.39 Å². The van der Waals surface area contributed by atoms with Gasteiger partial charge in [0.05, 0.1) is 0 Å². The van der Waals surface area contributed by atoms with Gasteiger partial charge in [0, 0.05) is 26.1 Å². The molecule has 1 aromatic heterocycles. The Morgan fingerprint density at radius 2 is 2.29 bits per heavy atom. The zero-order chi connectivity index (χ0) is 10.2. The number of ether oxygens (including phenoxy) is 1. The fraction of sp³-hybridized carbons (Fsp3) is 0.400. The number of ketones is 1. The number of methoxy groups -OCH3 is 1. The molecule has 4 heteroatoms. The first-order valence-corrected chi connectivity index (χ1v) is 4.35. The minimum Gasteiger partial charge on any atom is -0.373 e. The quantitative estimate of drug-likeness (QED) is 0.670. The third-order valence-electron chi connectivity index (χ3n) is 2.61. The van der Waals surface area contributed by atoms with E-state index in [0.717, 1.165) is 0 Å². The summed E-state index contributed by atoms with van der Waals surface area (Å²) in [4.78, 5) is 14.4. The maximum atomic E-state index is 12.8. The molecule has 1 fully saturated rings. The van der Waals surface area contributed by atoms with E-state index in [0.29, 0.717) is 18.4 Å². The fourth-order valence-corrected chi connectivity index (χ4v) is 1.74. The first kappa shape index (κ1) is 9.27. The number of halogens is 1. The van der Waals surface area contributed by atoms with Crippen molar-refractivity contribution in [3.05, 3.63) is 29.8 Å². The molecule has 2 rings (SSSR count). The van der Waals surface area contributed by atoms with Crippen LogP contribution in [0.5, 0.6) is 0 Å². The number of nitrogens with zero attached hydrogens (tertiary/aromatic N) is 1. The van der Waals surface area contributed by atoms with Crippen molar-refractivity contribution in [2.75, 3.05) is 7.11 Å². The number of carbonyl (C=O) groups is 1. The number of pyridine rings is 1. The molecule has 1 aliphatic rings. The number of hydrogen-bond acceptors (Lipinski definition) is 3. The van der Waals surface area contributed by atoms with Crippen LogP contribution in [0.1, 0.15) is 18.4 Å². The van der Waals surface area contributed by atoms with Crippen molar-refractivity contribution in [3.63, 3.8) is 0 Å². The number of Topliss-reactive ketones (excluding diaryl/α,β-unsaturated/α-hetero) is 1. The molecule has 1 aliphatic carbocycles. The molecule has 0 spiro atoms. The standard InChI is InChI=1S/C10H10FNO2/c1-14-10(5-8(13)6-10)7-2-3-12-9(11)4-7/h2-4H,5-6H2,1H3. The van der Waals surface area contributed by atoms with Gasteiger partial charge in [0.15, 0.2) is 0 Å². The SMILES string of the molecule is COC1(c2ccnc(F)c2)CC(=O)C1. The second-order valence-corrected chi connectivity index (χ2v) is 3.46. The monoisotopic (exact) mass is 195 g/mol. The molecular formula is C10H10FNO2. The van der Waals surface area contributed by atoms with Crippen molar-refractivity contribution in [2.24, 2.45) is 0 Å². The van der Waals surface area contributed by atoms with E-state index in [1.807, 2.05) is 0 Å². The summed E-state index contributed by atoms with van der Waals surface area (Å²) in [6.45, 7) is 0. The largest absolute Gasteiger partial charge is 0.373 e. The van der Waals surface area contributed by atoms with E-state index < -0.39 is 11.5 Å². The van der Waals surface area contributed by atoms with Gasteiger partial charge in [-0.3, -0.25) is 4.79 Å². The molecule has 1 heterocycles. The summed E-state index contributed by atoms with van der Waals surface area (Å²) >= 11 is 0. The fourth-order valence-electron chi connectivity index (χ4n) is 1.74. The summed E-state index contributed by atoms with van der Waals surface area (Å²) < 4.78 is 18.1. The molecule has 0 amide bonds. The van der Waals surface area contributed by atoms with E-state index in [1.165, 1.54) is 19.4 Å². The van der Waals surface area contributed by atoms with E-state index in [4.69, 9.17) is 4.74 Å². The lowest BCUT2D eigenvalue weighted by atomic mass is 9.74. The first-order chi connectivity index (χ1) is 6.66. The average molecular weight is 195 g/mol. The Hall–Kier alpha value is -1.29. The van der Waals surface area contributed by atoms with Crippen molar-refractivity contribution in [1.82, 2.24) is 4.98 Å². The van der Waals surface area contributed by atoms with E-state index in [2.05, 4.69) is 4.98 Å². The van der Waals surface area contributed by atoms with Crippen molar-refractivity contribution >= 4 is 5.78 Å². The van der Waals surface area contributed by atoms with Crippen LogP contribution in [0, 0.1) is 5.95 Å². The van der Waals surface area contributed by atoms with Gasteiger partial charge in [0.1, 0.15) is 11.4 Å². The van der Waals surface area contributed by atoms with Crippen LogP contribution < -0.4 is 0 Å². The minimum absolute atomic E-state index is 0.143. The molecule has 0 N–H and O–H groups in total. The van der Waals surface area contributed by atoms with Gasteiger partial charge in [-0.25, -0.2) is 4.98 Å². The van der Waals surface area contributed by atoms with E-state index in [9.17, 15) is 9.18 Å². The zero-order valence-corrected chi connectivity index (χ0v) is 7.79. The average Bonchev–Trinajstić information content (AvgIpc) is 2.12. The highest BCUT2D eigenvalue weighted by atomic mass is 19.1. The van der Waals surface area contributed by atoms with Gasteiger partial charge < -0.3 is 4.74 Å². The van der Waals surface area contributed by atoms with Crippen LogP contribution in [0.15, 0.2) is 18.3 Å². The molecule has 14 heavy (non-hydrogen) atoms. The van der Waals surface area contributed by atoms with Crippen LogP contribution in [0.25, 0.3) is 0 Å². The van der Waals surface area contributed by atoms with Gasteiger partial charge in [-0.15, -0.1) is 0 Å². The van der Waals surface area contributed by atoms with Crippen LogP contribution in [-0.2, 0) is 15.1 Å². The van der Waals surface area contributed by atoms with Crippen LogP contribution in [0.2, 0.25) is 0 Å². The Morgan fingerprint density at radius 1 is 1.57 bits per heavy atom. The topological polar surface area (TPSA) is 39.2 Å². The molecule has 0 aromatic carbocycles. The second kappa shape index (κ2) is 3.13. The van der Waals surface area contributed by atoms with Crippen molar-refractivity contribution in [3.8, 4) is 0 Å². The van der Waals surface area contributed by atoms with Crippen LogP contribution in [0.4, 0.5) is 4.39 Å². The molecule has 0 aliphatic heterocycles. The Morgan fingerprint density at radius 3 is 2.79 bits per heavy atom. The number of carbonyl (C=O) groups excluding carboxylic acids is 1. The molecule has 0 unspecified atom stereocenters. The summed E-state index contributed by atoms with van der Waals surface area (Å²) in [7, 11) is 1.53. The summed E-state index contributed by atoms with van der Waals surface area (Å²) in [5, 5.41) is 0. The highest BCUT2D eigenvalue weighted by Gasteiger charge is 2.45. The highest BCUT2D eigenvalue weighted by Crippen LogP contribution is 2.41. The van der Waals surface area contributed by atoms with Gasteiger partial charge in [-0.05, 0) is 17.7 Å². The van der Waals surface area contributed by atoms with E-state index in [1.54, 1.807) is 6.07 Å². The predicted octanol–water partition coefficient (Wildman–Crippen LogP) is 1.43. The lowest BCUT2D eigenvalue weighted by Gasteiger charge is -2.39. The minimum atomic E-state index is -0.610. The van der Waals surface area contributed by atoms with Gasteiger partial charge in [0.25, 0.3) is 0 Å². The molecule has 1 saturated carbocycles. The Bertz CT molecular complexity index is 370. The number of aromatic nitrogens is 1. The first-order valence-electron chi connectivity index (χ1n) is 4.35. The predicted molar refractivity (Wildman–Crippen MR) is 47.1 cm³/mol. The molecule has 0 bridgehead atoms. The Labute approximate surface area is 80.9 Å². The molecule has 0 saturated heterocycles. The molecule has 3 nitrogen and oxygen atoms in total. The van der Waals surface area contributed by atoms with Gasteiger partial charge in [-0.1, -0.05) is 0 Å². The maximum absolute atomic E-state index is 12.8. The molecular weight excluding hydrogens is 185 g/mol. The van der Waals surface area contributed by atoms with E-state index >= 15 is 0 Å². The summed E-state index contributed by atoms with van der Waals surface area (Å²) in [5.74, 6) is -0.401. The number of hydrogen-bond donors (Lipinski definition) is 0. The summed E-state index contributed by atoms with van der Waals surface area (Å²) in [6, 6.07) is 3.00. The molecule has 1 aromatic rings. The Balaban J connectivity index is 2.33. The normalized spacial score (nSPS) is 19.1.